The van der Waals surface area contributed by atoms with Crippen LogP contribution in [0.2, 0.25) is 5.02 Å². The van der Waals surface area contributed by atoms with E-state index in [9.17, 15) is 9.59 Å². The number of hydrogen-bond donors (Lipinski definition) is 2. The van der Waals surface area contributed by atoms with Crippen LogP contribution >= 0.6 is 11.6 Å². The number of rotatable bonds is 6. The lowest BCUT2D eigenvalue weighted by molar-refractivity contribution is 0.0950. The standard InChI is InChI=1S/C21H18ClN3O3/c1-28-19-4-2-3-18(10-19)25-21(27)16-9-15(12-23-13-16)20(26)24-11-14-5-7-17(22)8-6-14/h2-10,12-13H,11H2,1H3,(H,24,26)(H,25,27). The van der Waals surface area contributed by atoms with Crippen molar-refractivity contribution in [2.45, 2.75) is 6.54 Å². The van der Waals surface area contributed by atoms with E-state index in [1.54, 1.807) is 43.5 Å². The molecule has 142 valence electrons. The predicted octanol–water partition coefficient (Wildman–Crippen LogP) is 3.93. The summed E-state index contributed by atoms with van der Waals surface area (Å²) in [5, 5.41) is 6.19. The summed E-state index contributed by atoms with van der Waals surface area (Å²) < 4.78 is 5.14. The summed E-state index contributed by atoms with van der Waals surface area (Å²) in [6, 6.07) is 15.7. The Labute approximate surface area is 167 Å². The van der Waals surface area contributed by atoms with Crippen molar-refractivity contribution in [3.63, 3.8) is 0 Å². The summed E-state index contributed by atoms with van der Waals surface area (Å²) in [6.07, 6.45) is 2.82. The van der Waals surface area contributed by atoms with Crippen molar-refractivity contribution in [3.05, 3.63) is 88.7 Å². The smallest absolute Gasteiger partial charge is 0.257 e. The molecular weight excluding hydrogens is 378 g/mol. The average molecular weight is 396 g/mol. The Kier molecular flexibility index (Phi) is 6.24. The summed E-state index contributed by atoms with van der Waals surface area (Å²) in [6.45, 7) is 0.343. The maximum absolute atomic E-state index is 12.5. The number of carbonyl (C=O) groups is 2. The highest BCUT2D eigenvalue weighted by molar-refractivity contribution is 6.30. The zero-order chi connectivity index (χ0) is 19.9. The fraction of sp³-hybridized carbons (Fsp3) is 0.0952. The molecule has 3 rings (SSSR count). The minimum absolute atomic E-state index is 0.280. The predicted molar refractivity (Wildman–Crippen MR) is 108 cm³/mol. The fourth-order valence-electron chi connectivity index (χ4n) is 2.48. The molecule has 0 fully saturated rings. The van der Waals surface area contributed by atoms with Gasteiger partial charge >= 0.3 is 0 Å². The minimum atomic E-state index is -0.367. The number of pyridine rings is 1. The first kappa shape index (κ1) is 19.4. The van der Waals surface area contributed by atoms with Crippen LogP contribution in [-0.4, -0.2) is 23.9 Å². The zero-order valence-electron chi connectivity index (χ0n) is 15.1. The number of methoxy groups -OCH3 is 1. The van der Waals surface area contributed by atoms with E-state index in [0.717, 1.165) is 5.56 Å². The van der Waals surface area contributed by atoms with E-state index >= 15 is 0 Å². The van der Waals surface area contributed by atoms with Crippen molar-refractivity contribution >= 4 is 29.1 Å². The lowest BCUT2D eigenvalue weighted by Gasteiger charge is -2.09. The molecule has 0 radical (unpaired) electrons. The zero-order valence-corrected chi connectivity index (χ0v) is 15.9. The summed E-state index contributed by atoms with van der Waals surface area (Å²) in [7, 11) is 1.55. The van der Waals surface area contributed by atoms with Crippen LogP contribution in [0.1, 0.15) is 26.3 Å². The molecule has 0 bridgehead atoms. The number of benzene rings is 2. The van der Waals surface area contributed by atoms with Crippen LogP contribution in [0.25, 0.3) is 0 Å². The molecule has 0 saturated carbocycles. The number of ether oxygens (including phenoxy) is 1. The number of nitrogens with one attached hydrogen (secondary N) is 2. The maximum atomic E-state index is 12.5. The van der Waals surface area contributed by atoms with Gasteiger partial charge < -0.3 is 15.4 Å². The molecule has 0 aliphatic carbocycles. The van der Waals surface area contributed by atoms with Gasteiger partial charge in [0, 0.05) is 35.7 Å². The largest absolute Gasteiger partial charge is 0.497 e. The Bertz CT molecular complexity index is 990. The first-order chi connectivity index (χ1) is 13.5. The molecule has 0 aliphatic rings. The SMILES string of the molecule is COc1cccc(NC(=O)c2cncc(C(=O)NCc3ccc(Cl)cc3)c2)c1. The van der Waals surface area contributed by atoms with Gasteiger partial charge in [-0.2, -0.15) is 0 Å². The number of halogens is 1. The molecule has 2 N–H and O–H groups in total. The van der Waals surface area contributed by atoms with Gasteiger partial charge in [0.05, 0.1) is 18.2 Å². The Hall–Kier alpha value is -3.38. The molecule has 0 unspecified atom stereocenters. The second kappa shape index (κ2) is 9.01. The molecule has 2 amide bonds. The minimum Gasteiger partial charge on any atom is -0.497 e. The van der Waals surface area contributed by atoms with E-state index < -0.39 is 0 Å². The molecule has 1 heterocycles. The van der Waals surface area contributed by atoms with Crippen molar-refractivity contribution in [2.75, 3.05) is 12.4 Å². The Morgan fingerprint density at radius 3 is 2.43 bits per heavy atom. The van der Waals surface area contributed by atoms with Gasteiger partial charge in [-0.3, -0.25) is 14.6 Å². The van der Waals surface area contributed by atoms with Crippen LogP contribution in [0.3, 0.4) is 0 Å². The molecule has 28 heavy (non-hydrogen) atoms. The molecular formula is C21H18ClN3O3. The lowest BCUT2D eigenvalue weighted by atomic mass is 10.1. The van der Waals surface area contributed by atoms with Crippen LogP contribution in [-0.2, 0) is 6.54 Å². The highest BCUT2D eigenvalue weighted by Gasteiger charge is 2.12. The van der Waals surface area contributed by atoms with Crippen molar-refractivity contribution in [1.82, 2.24) is 10.3 Å². The molecule has 0 aliphatic heterocycles. The molecule has 3 aromatic rings. The van der Waals surface area contributed by atoms with E-state index in [1.807, 2.05) is 12.1 Å². The number of nitrogens with zero attached hydrogens (tertiary/aromatic N) is 1. The summed E-state index contributed by atoms with van der Waals surface area (Å²) in [5.74, 6) is -0.0576. The molecule has 7 heteroatoms. The fourth-order valence-corrected chi connectivity index (χ4v) is 2.61. The van der Waals surface area contributed by atoms with Crippen LogP contribution < -0.4 is 15.4 Å². The van der Waals surface area contributed by atoms with Crippen molar-refractivity contribution in [3.8, 4) is 5.75 Å². The van der Waals surface area contributed by atoms with Gasteiger partial charge in [-0.1, -0.05) is 29.8 Å². The van der Waals surface area contributed by atoms with Crippen molar-refractivity contribution < 1.29 is 14.3 Å². The molecule has 0 spiro atoms. The van der Waals surface area contributed by atoms with E-state index in [0.29, 0.717) is 28.6 Å². The van der Waals surface area contributed by atoms with Gasteiger partial charge in [-0.15, -0.1) is 0 Å². The van der Waals surface area contributed by atoms with Gasteiger partial charge in [-0.05, 0) is 35.9 Å². The second-order valence-corrected chi connectivity index (χ2v) is 6.39. The molecule has 6 nitrogen and oxygen atoms in total. The second-order valence-electron chi connectivity index (χ2n) is 5.96. The summed E-state index contributed by atoms with van der Waals surface area (Å²) in [4.78, 5) is 28.8. The molecule has 1 aromatic heterocycles. The molecule has 0 atom stereocenters. The van der Waals surface area contributed by atoms with Gasteiger partial charge in [0.1, 0.15) is 5.75 Å². The first-order valence-corrected chi connectivity index (χ1v) is 8.86. The number of anilines is 1. The average Bonchev–Trinajstić information content (AvgIpc) is 2.73. The normalized spacial score (nSPS) is 10.2. The Morgan fingerprint density at radius 2 is 1.71 bits per heavy atom. The number of hydrogen-bond acceptors (Lipinski definition) is 4. The maximum Gasteiger partial charge on any atom is 0.257 e. The van der Waals surface area contributed by atoms with Gasteiger partial charge in [-0.25, -0.2) is 0 Å². The molecule has 0 saturated heterocycles. The van der Waals surface area contributed by atoms with E-state index in [4.69, 9.17) is 16.3 Å². The summed E-state index contributed by atoms with van der Waals surface area (Å²) >= 11 is 5.85. The van der Waals surface area contributed by atoms with Gasteiger partial charge in [0.2, 0.25) is 0 Å². The monoisotopic (exact) mass is 395 g/mol. The van der Waals surface area contributed by atoms with E-state index in [-0.39, 0.29) is 17.4 Å². The van der Waals surface area contributed by atoms with Crippen LogP contribution in [0.15, 0.2) is 67.0 Å². The number of aromatic nitrogens is 1. The third-order valence-electron chi connectivity index (χ3n) is 3.96. The number of amides is 2. The van der Waals surface area contributed by atoms with Gasteiger partial charge in [0.25, 0.3) is 11.8 Å². The van der Waals surface area contributed by atoms with Crippen LogP contribution in [0, 0.1) is 0 Å². The third kappa shape index (κ3) is 5.08. The Balaban J connectivity index is 1.65. The Morgan fingerprint density at radius 1 is 1.00 bits per heavy atom. The molecule has 2 aromatic carbocycles. The van der Waals surface area contributed by atoms with Crippen LogP contribution in [0.5, 0.6) is 5.75 Å². The quantitative estimate of drug-likeness (QED) is 0.662. The van der Waals surface area contributed by atoms with E-state index in [2.05, 4.69) is 15.6 Å². The van der Waals surface area contributed by atoms with Crippen LogP contribution in [0.4, 0.5) is 5.69 Å². The lowest BCUT2D eigenvalue weighted by Crippen LogP contribution is -2.23. The topological polar surface area (TPSA) is 80.3 Å². The third-order valence-corrected chi connectivity index (χ3v) is 4.21. The highest BCUT2D eigenvalue weighted by Crippen LogP contribution is 2.17. The van der Waals surface area contributed by atoms with E-state index in [1.165, 1.54) is 18.5 Å². The van der Waals surface area contributed by atoms with Gasteiger partial charge in [0.15, 0.2) is 0 Å². The number of carbonyl (C=O) groups excluding carboxylic acids is 2. The highest BCUT2D eigenvalue weighted by atomic mass is 35.5. The van der Waals surface area contributed by atoms with Crippen molar-refractivity contribution in [2.24, 2.45) is 0 Å². The van der Waals surface area contributed by atoms with Crippen molar-refractivity contribution in [1.29, 1.82) is 0 Å². The first-order valence-electron chi connectivity index (χ1n) is 8.48. The summed E-state index contributed by atoms with van der Waals surface area (Å²) in [5.41, 5.74) is 2.08.